The van der Waals surface area contributed by atoms with Gasteiger partial charge in [0.15, 0.2) is 0 Å². The number of nitrogens with one attached hydrogen (secondary N) is 3. The van der Waals surface area contributed by atoms with Crippen LogP contribution in [-0.4, -0.2) is 37.7 Å². The summed E-state index contributed by atoms with van der Waals surface area (Å²) in [6, 6.07) is 5.17. The van der Waals surface area contributed by atoms with Crippen molar-refractivity contribution in [3.63, 3.8) is 0 Å². The van der Waals surface area contributed by atoms with Crippen LogP contribution in [0.5, 0.6) is 0 Å². The third-order valence-electron chi connectivity index (χ3n) is 2.54. The molecule has 2 aromatic rings. The number of rotatable bonds is 5. The number of nitro benzene ring substituents is 1. The summed E-state index contributed by atoms with van der Waals surface area (Å²) in [6.45, 7) is 1.73. The average molecular weight is 336 g/mol. The number of aryl methyl sites for hydroxylation is 1. The van der Waals surface area contributed by atoms with Crippen molar-refractivity contribution in [1.29, 1.82) is 0 Å². The van der Waals surface area contributed by atoms with E-state index in [0.29, 0.717) is 11.0 Å². The smallest absolute Gasteiger partial charge is 0.270 e. The predicted octanol–water partition coefficient (Wildman–Crippen LogP) is 0.575. The second-order valence-electron chi connectivity index (χ2n) is 4.30. The number of nitrogens with zero attached hydrogens (tertiary/aromatic N) is 3. The third-order valence-corrected chi connectivity index (χ3v) is 3.39. The quantitative estimate of drug-likeness (QED) is 0.411. The van der Waals surface area contributed by atoms with Crippen LogP contribution in [0.25, 0.3) is 0 Å². The van der Waals surface area contributed by atoms with E-state index in [2.05, 4.69) is 26.0 Å². The van der Waals surface area contributed by atoms with Crippen molar-refractivity contribution in [1.82, 2.24) is 26.0 Å². The van der Waals surface area contributed by atoms with E-state index in [1.165, 1.54) is 18.2 Å². The van der Waals surface area contributed by atoms with Crippen LogP contribution in [0.15, 0.2) is 29.4 Å². The van der Waals surface area contributed by atoms with Crippen molar-refractivity contribution in [2.45, 2.75) is 12.1 Å². The summed E-state index contributed by atoms with van der Waals surface area (Å²) in [7, 11) is 0. The molecule has 0 atom stereocenters. The van der Waals surface area contributed by atoms with Crippen LogP contribution in [0.3, 0.4) is 0 Å². The van der Waals surface area contributed by atoms with Gasteiger partial charge < -0.3 is 0 Å². The zero-order valence-electron chi connectivity index (χ0n) is 11.9. The lowest BCUT2D eigenvalue weighted by atomic mass is 10.2. The van der Waals surface area contributed by atoms with Crippen LogP contribution in [0.4, 0.5) is 5.69 Å². The Morgan fingerprint density at radius 2 is 2.17 bits per heavy atom. The van der Waals surface area contributed by atoms with Crippen molar-refractivity contribution in [2.75, 3.05) is 5.75 Å². The van der Waals surface area contributed by atoms with Gasteiger partial charge in [-0.3, -0.25) is 35.7 Å². The molecule has 0 radical (unpaired) electrons. The van der Waals surface area contributed by atoms with E-state index in [4.69, 9.17) is 0 Å². The monoisotopic (exact) mass is 336 g/mol. The number of non-ortho nitro benzene ring substituents is 1. The molecule has 10 nitrogen and oxygen atoms in total. The van der Waals surface area contributed by atoms with Gasteiger partial charge in [0.1, 0.15) is 5.82 Å². The van der Waals surface area contributed by atoms with Gasteiger partial charge in [0.2, 0.25) is 11.1 Å². The van der Waals surface area contributed by atoms with Gasteiger partial charge in [-0.15, -0.1) is 5.10 Å². The molecule has 23 heavy (non-hydrogen) atoms. The van der Waals surface area contributed by atoms with Crippen LogP contribution in [-0.2, 0) is 4.79 Å². The lowest BCUT2D eigenvalue weighted by molar-refractivity contribution is -0.384. The number of amides is 2. The van der Waals surface area contributed by atoms with Crippen molar-refractivity contribution < 1.29 is 14.5 Å². The Hall–Kier alpha value is -2.95. The highest BCUT2D eigenvalue weighted by molar-refractivity contribution is 7.99. The van der Waals surface area contributed by atoms with Crippen LogP contribution in [0.1, 0.15) is 16.2 Å². The Balaban J connectivity index is 1.82. The van der Waals surface area contributed by atoms with Crippen LogP contribution >= 0.6 is 11.8 Å². The minimum absolute atomic E-state index is 0.00646. The second-order valence-corrected chi connectivity index (χ2v) is 5.24. The molecule has 2 rings (SSSR count). The third kappa shape index (κ3) is 4.78. The van der Waals surface area contributed by atoms with Crippen LogP contribution in [0, 0.1) is 17.0 Å². The van der Waals surface area contributed by atoms with Gasteiger partial charge >= 0.3 is 0 Å². The number of hydrogen-bond donors (Lipinski definition) is 3. The first-order valence-corrected chi connectivity index (χ1v) is 7.29. The molecular weight excluding hydrogens is 324 g/mol. The highest BCUT2D eigenvalue weighted by Gasteiger charge is 2.12. The summed E-state index contributed by atoms with van der Waals surface area (Å²) >= 11 is 1.10. The molecule has 0 aliphatic rings. The van der Waals surface area contributed by atoms with Gasteiger partial charge in [0, 0.05) is 17.7 Å². The SMILES string of the molecule is Cc1nc(SCC(=O)NNC(=O)c2cccc([N+](=O)[O-])c2)n[nH]1. The average Bonchev–Trinajstić information content (AvgIpc) is 2.96. The number of carbonyl (C=O) groups excluding carboxylic acids is 2. The lowest BCUT2D eigenvalue weighted by Gasteiger charge is -2.06. The molecular formula is C12H12N6O4S. The number of thioether (sulfide) groups is 1. The highest BCUT2D eigenvalue weighted by atomic mass is 32.2. The Bertz CT molecular complexity index is 747. The molecule has 11 heteroatoms. The predicted molar refractivity (Wildman–Crippen MR) is 80.5 cm³/mol. The van der Waals surface area contributed by atoms with Crippen molar-refractivity contribution in [3.05, 3.63) is 45.8 Å². The van der Waals surface area contributed by atoms with E-state index in [1.807, 2.05) is 0 Å². The van der Waals surface area contributed by atoms with Crippen molar-refractivity contribution in [3.8, 4) is 0 Å². The highest BCUT2D eigenvalue weighted by Crippen LogP contribution is 2.13. The summed E-state index contributed by atoms with van der Waals surface area (Å²) in [5, 5.41) is 17.6. The minimum Gasteiger partial charge on any atom is -0.272 e. The fourth-order valence-corrected chi connectivity index (χ4v) is 2.16. The van der Waals surface area contributed by atoms with E-state index in [9.17, 15) is 19.7 Å². The molecule has 1 heterocycles. The summed E-state index contributed by atoms with van der Waals surface area (Å²) in [6.07, 6.45) is 0. The van der Waals surface area contributed by atoms with Gasteiger partial charge in [-0.05, 0) is 13.0 Å². The molecule has 3 N–H and O–H groups in total. The maximum Gasteiger partial charge on any atom is 0.270 e. The summed E-state index contributed by atoms with van der Waals surface area (Å²) < 4.78 is 0. The van der Waals surface area contributed by atoms with E-state index in [1.54, 1.807) is 6.92 Å². The maximum atomic E-state index is 11.8. The van der Waals surface area contributed by atoms with E-state index in [0.717, 1.165) is 17.8 Å². The van der Waals surface area contributed by atoms with Gasteiger partial charge in [-0.2, -0.15) is 0 Å². The number of aromatic nitrogens is 3. The Labute approximate surface area is 134 Å². The molecule has 0 spiro atoms. The maximum absolute atomic E-state index is 11.8. The van der Waals surface area contributed by atoms with E-state index >= 15 is 0 Å². The number of hydrogen-bond acceptors (Lipinski definition) is 7. The summed E-state index contributed by atoms with van der Waals surface area (Å²) in [5.41, 5.74) is 4.25. The Kier molecular flexibility index (Phi) is 5.25. The van der Waals surface area contributed by atoms with Gasteiger partial charge in [-0.25, -0.2) is 4.98 Å². The zero-order valence-corrected chi connectivity index (χ0v) is 12.7. The summed E-state index contributed by atoms with van der Waals surface area (Å²) in [4.78, 5) is 37.5. The minimum atomic E-state index is -0.652. The van der Waals surface area contributed by atoms with Gasteiger partial charge in [0.05, 0.1) is 10.7 Å². The standard InChI is InChI=1S/C12H12N6O4S/c1-7-13-12(17-14-7)23-6-10(19)15-16-11(20)8-3-2-4-9(5-8)18(21)22/h2-5H,6H2,1H3,(H,15,19)(H,16,20)(H,13,14,17). The normalized spacial score (nSPS) is 10.1. The van der Waals surface area contributed by atoms with Crippen molar-refractivity contribution >= 4 is 29.3 Å². The first-order chi connectivity index (χ1) is 11.0. The molecule has 0 saturated carbocycles. The topological polar surface area (TPSA) is 143 Å². The number of aromatic amines is 1. The lowest BCUT2D eigenvalue weighted by Crippen LogP contribution is -2.42. The van der Waals surface area contributed by atoms with Gasteiger partial charge in [-0.1, -0.05) is 17.8 Å². The molecule has 0 saturated heterocycles. The first-order valence-electron chi connectivity index (χ1n) is 6.31. The molecule has 0 unspecified atom stereocenters. The van der Waals surface area contributed by atoms with E-state index < -0.39 is 16.7 Å². The number of nitro groups is 1. The Morgan fingerprint density at radius 3 is 2.83 bits per heavy atom. The van der Waals surface area contributed by atoms with Crippen molar-refractivity contribution in [2.24, 2.45) is 0 Å². The number of benzene rings is 1. The van der Waals surface area contributed by atoms with Gasteiger partial charge in [0.25, 0.3) is 11.6 Å². The number of carbonyl (C=O) groups is 2. The molecule has 1 aromatic heterocycles. The zero-order chi connectivity index (χ0) is 16.8. The molecule has 0 fully saturated rings. The Morgan fingerprint density at radius 1 is 1.39 bits per heavy atom. The molecule has 0 aliphatic carbocycles. The fourth-order valence-electron chi connectivity index (χ4n) is 1.51. The first kappa shape index (κ1) is 16.4. The van der Waals surface area contributed by atoms with E-state index in [-0.39, 0.29) is 17.0 Å². The summed E-state index contributed by atoms with van der Waals surface area (Å²) in [5.74, 6) is -0.476. The largest absolute Gasteiger partial charge is 0.272 e. The molecule has 1 aromatic carbocycles. The van der Waals surface area contributed by atoms with Crippen LogP contribution in [0.2, 0.25) is 0 Å². The number of H-pyrrole nitrogens is 1. The molecule has 120 valence electrons. The fraction of sp³-hybridized carbons (Fsp3) is 0.167. The number of hydrazine groups is 1. The second kappa shape index (κ2) is 7.35. The van der Waals surface area contributed by atoms with Crippen LogP contribution < -0.4 is 10.9 Å². The molecule has 0 aliphatic heterocycles. The molecule has 0 bridgehead atoms. The molecule has 2 amide bonds.